The van der Waals surface area contributed by atoms with Gasteiger partial charge in [0.1, 0.15) is 12.9 Å². The summed E-state index contributed by atoms with van der Waals surface area (Å²) in [6.07, 6.45) is 1.67. The van der Waals surface area contributed by atoms with E-state index in [9.17, 15) is 12.8 Å². The molecular weight excluding hydrogens is 377 g/mol. The summed E-state index contributed by atoms with van der Waals surface area (Å²) in [4.78, 5) is 0. The zero-order valence-corrected chi connectivity index (χ0v) is 16.6. The zero-order chi connectivity index (χ0) is 19.7. The van der Waals surface area contributed by atoms with Gasteiger partial charge in [-0.25, -0.2) is 17.5 Å². The fourth-order valence-corrected chi connectivity index (χ4v) is 4.03. The van der Waals surface area contributed by atoms with E-state index in [2.05, 4.69) is 4.72 Å². The highest BCUT2D eigenvalue weighted by atomic mass is 32.2. The Labute approximate surface area is 160 Å². The van der Waals surface area contributed by atoms with Crippen LogP contribution in [-0.2, 0) is 24.2 Å². The molecule has 0 radical (unpaired) electrons. The van der Waals surface area contributed by atoms with Crippen LogP contribution in [0.25, 0.3) is 0 Å². The number of hydrogen-bond acceptors (Lipinski definition) is 6. The molecule has 0 unspecified atom stereocenters. The molecule has 1 aromatic rings. The summed E-state index contributed by atoms with van der Waals surface area (Å²) in [7, 11) is -1.99. The molecule has 0 bridgehead atoms. The van der Waals surface area contributed by atoms with Crippen LogP contribution in [0.4, 0.5) is 4.39 Å². The Hall–Kier alpha value is -1.26. The molecule has 1 atom stereocenters. The number of benzene rings is 1. The van der Waals surface area contributed by atoms with Gasteiger partial charge in [0, 0.05) is 26.0 Å². The molecule has 0 saturated carbocycles. The molecule has 0 aliphatic carbocycles. The topological polar surface area (TPSA) is 83.1 Å². The first kappa shape index (κ1) is 22.0. The fourth-order valence-electron chi connectivity index (χ4n) is 2.74. The summed E-state index contributed by atoms with van der Waals surface area (Å²) in [5.41, 5.74) is 0.637. The third-order valence-corrected chi connectivity index (χ3v) is 5.72. The molecule has 1 fully saturated rings. The van der Waals surface area contributed by atoms with Crippen LogP contribution in [-0.4, -0.2) is 54.0 Å². The number of hydrogen-bond donors (Lipinski definition) is 1. The van der Waals surface area contributed by atoms with Crippen molar-refractivity contribution in [1.29, 1.82) is 0 Å². The van der Waals surface area contributed by atoms with Crippen molar-refractivity contribution in [3.05, 3.63) is 29.6 Å². The number of rotatable bonds is 11. The SMILES string of the molecule is COCOCCCS(=O)(=O)N[C@H](C)c1ccc(F)c(OC2CCOCC2)c1. The molecule has 1 aliphatic rings. The van der Waals surface area contributed by atoms with Gasteiger partial charge in [-0.15, -0.1) is 0 Å². The molecule has 1 aromatic carbocycles. The maximum Gasteiger partial charge on any atom is 0.212 e. The van der Waals surface area contributed by atoms with Gasteiger partial charge in [-0.1, -0.05) is 6.07 Å². The van der Waals surface area contributed by atoms with Crippen molar-refractivity contribution in [2.24, 2.45) is 0 Å². The average molecular weight is 405 g/mol. The molecule has 27 heavy (non-hydrogen) atoms. The summed E-state index contributed by atoms with van der Waals surface area (Å²) in [5.74, 6) is -0.387. The van der Waals surface area contributed by atoms with Gasteiger partial charge in [0.2, 0.25) is 10.0 Å². The highest BCUT2D eigenvalue weighted by Gasteiger charge is 2.20. The third kappa shape index (κ3) is 7.71. The highest BCUT2D eigenvalue weighted by molar-refractivity contribution is 7.89. The Morgan fingerprint density at radius 1 is 1.33 bits per heavy atom. The predicted molar refractivity (Wildman–Crippen MR) is 98.7 cm³/mol. The Balaban J connectivity index is 1.92. The minimum atomic E-state index is -3.49. The number of halogens is 1. The molecule has 1 N–H and O–H groups in total. The van der Waals surface area contributed by atoms with Gasteiger partial charge >= 0.3 is 0 Å². The monoisotopic (exact) mass is 405 g/mol. The van der Waals surface area contributed by atoms with Crippen LogP contribution < -0.4 is 9.46 Å². The van der Waals surface area contributed by atoms with E-state index in [0.717, 1.165) is 0 Å². The van der Waals surface area contributed by atoms with Crippen molar-refractivity contribution in [2.75, 3.05) is 39.5 Å². The summed E-state index contributed by atoms with van der Waals surface area (Å²) in [6, 6.07) is 3.90. The number of methoxy groups -OCH3 is 1. The molecule has 0 aromatic heterocycles. The van der Waals surface area contributed by atoms with Crippen LogP contribution >= 0.6 is 0 Å². The molecule has 1 heterocycles. The average Bonchev–Trinajstić information content (AvgIpc) is 2.63. The van der Waals surface area contributed by atoms with Crippen molar-refractivity contribution in [3.8, 4) is 5.75 Å². The molecule has 7 nitrogen and oxygen atoms in total. The van der Waals surface area contributed by atoms with Crippen LogP contribution in [0.2, 0.25) is 0 Å². The lowest BCUT2D eigenvalue weighted by atomic mass is 10.1. The molecule has 9 heteroatoms. The number of ether oxygens (including phenoxy) is 4. The van der Waals surface area contributed by atoms with Crippen molar-refractivity contribution < 1.29 is 31.8 Å². The molecule has 0 spiro atoms. The molecule has 0 amide bonds. The first-order valence-electron chi connectivity index (χ1n) is 9.02. The minimum Gasteiger partial charge on any atom is -0.487 e. The van der Waals surface area contributed by atoms with Crippen LogP contribution in [0.3, 0.4) is 0 Å². The number of nitrogens with one attached hydrogen (secondary N) is 1. The lowest BCUT2D eigenvalue weighted by Gasteiger charge is -2.24. The van der Waals surface area contributed by atoms with Crippen LogP contribution in [0.1, 0.15) is 37.8 Å². The van der Waals surface area contributed by atoms with Crippen LogP contribution in [0, 0.1) is 5.82 Å². The van der Waals surface area contributed by atoms with Gasteiger partial charge in [0.15, 0.2) is 11.6 Å². The van der Waals surface area contributed by atoms with Gasteiger partial charge in [-0.05, 0) is 31.0 Å². The second-order valence-electron chi connectivity index (χ2n) is 6.45. The summed E-state index contributed by atoms with van der Waals surface area (Å²) >= 11 is 0. The Morgan fingerprint density at radius 3 is 2.78 bits per heavy atom. The highest BCUT2D eigenvalue weighted by Crippen LogP contribution is 2.26. The van der Waals surface area contributed by atoms with Crippen molar-refractivity contribution in [1.82, 2.24) is 4.72 Å². The molecular formula is C18H28FNO6S. The molecule has 1 saturated heterocycles. The van der Waals surface area contributed by atoms with E-state index in [1.54, 1.807) is 19.1 Å². The quantitative estimate of drug-likeness (QED) is 0.450. The van der Waals surface area contributed by atoms with E-state index in [4.69, 9.17) is 18.9 Å². The standard InChI is InChI=1S/C18H28FNO6S/c1-14(20-27(21,22)11-3-8-25-13-23-2)15-4-5-17(19)18(12-15)26-16-6-9-24-10-7-16/h4-5,12,14,16,20H,3,6-11,13H2,1-2H3/t14-/m1/s1. The van der Waals surface area contributed by atoms with Crippen LogP contribution in [0.15, 0.2) is 18.2 Å². The predicted octanol–water partition coefficient (Wildman–Crippen LogP) is 2.37. The second-order valence-corrected chi connectivity index (χ2v) is 8.32. The van der Waals surface area contributed by atoms with Gasteiger partial charge in [0.05, 0.1) is 25.6 Å². The van der Waals surface area contributed by atoms with Crippen molar-refractivity contribution in [2.45, 2.75) is 38.3 Å². The zero-order valence-electron chi connectivity index (χ0n) is 15.8. The van der Waals surface area contributed by atoms with Gasteiger partial charge < -0.3 is 18.9 Å². The van der Waals surface area contributed by atoms with E-state index in [-0.39, 0.29) is 24.4 Å². The van der Waals surface area contributed by atoms with E-state index in [1.165, 1.54) is 13.2 Å². The largest absolute Gasteiger partial charge is 0.487 e. The third-order valence-electron chi connectivity index (χ3n) is 4.18. The van der Waals surface area contributed by atoms with Gasteiger partial charge in [-0.2, -0.15) is 0 Å². The Kier molecular flexibility index (Phi) is 8.91. The molecule has 2 rings (SSSR count). The summed E-state index contributed by atoms with van der Waals surface area (Å²) in [5, 5.41) is 0. The van der Waals surface area contributed by atoms with E-state index < -0.39 is 21.9 Å². The molecule has 1 aliphatic heterocycles. The molecule has 154 valence electrons. The maximum absolute atomic E-state index is 14.1. The van der Waals surface area contributed by atoms with E-state index >= 15 is 0 Å². The van der Waals surface area contributed by atoms with E-state index in [1.807, 2.05) is 0 Å². The van der Waals surface area contributed by atoms with E-state index in [0.29, 0.717) is 44.6 Å². The first-order chi connectivity index (χ1) is 12.9. The first-order valence-corrected chi connectivity index (χ1v) is 10.7. The normalized spacial score (nSPS) is 17.0. The lowest BCUT2D eigenvalue weighted by molar-refractivity contribution is -0.0298. The van der Waals surface area contributed by atoms with Gasteiger partial charge in [-0.3, -0.25) is 0 Å². The van der Waals surface area contributed by atoms with Crippen molar-refractivity contribution in [3.63, 3.8) is 0 Å². The summed E-state index contributed by atoms with van der Waals surface area (Å²) < 4.78 is 61.9. The Bertz CT molecular complexity index is 678. The lowest BCUT2D eigenvalue weighted by Crippen LogP contribution is -2.30. The maximum atomic E-state index is 14.1. The fraction of sp³-hybridized carbons (Fsp3) is 0.667. The smallest absolute Gasteiger partial charge is 0.212 e. The van der Waals surface area contributed by atoms with Crippen molar-refractivity contribution >= 4 is 10.0 Å². The Morgan fingerprint density at radius 2 is 2.07 bits per heavy atom. The minimum absolute atomic E-state index is 0.0618. The summed E-state index contributed by atoms with van der Waals surface area (Å²) in [6.45, 7) is 3.33. The number of sulfonamides is 1. The van der Waals surface area contributed by atoms with Crippen LogP contribution in [0.5, 0.6) is 5.75 Å². The van der Waals surface area contributed by atoms with Gasteiger partial charge in [0.25, 0.3) is 0 Å². The second kappa shape index (κ2) is 10.9.